The van der Waals surface area contributed by atoms with Gasteiger partial charge in [-0.05, 0) is 57.0 Å². The Bertz CT molecular complexity index is 112. The van der Waals surface area contributed by atoms with E-state index in [1.807, 2.05) is 0 Å². The van der Waals surface area contributed by atoms with Gasteiger partial charge in [-0.15, -0.1) is 7.92 Å². The summed E-state index contributed by atoms with van der Waals surface area (Å²) in [6.07, 6.45) is 19.4. The second kappa shape index (κ2) is 6.44. The van der Waals surface area contributed by atoms with Crippen LogP contribution in [0.3, 0.4) is 0 Å². The summed E-state index contributed by atoms with van der Waals surface area (Å²) >= 11 is 0. The molecule has 0 radical (unpaired) electrons. The fourth-order valence-electron chi connectivity index (χ4n) is 2.84. The molecule has 0 aromatic rings. The second-order valence-corrected chi connectivity index (χ2v) is 10.6. The van der Waals surface area contributed by atoms with Crippen molar-refractivity contribution in [3.63, 3.8) is 0 Å². The summed E-state index contributed by atoms with van der Waals surface area (Å²) in [4.78, 5) is 0. The van der Waals surface area contributed by atoms with Gasteiger partial charge >= 0.3 is 0 Å². The highest BCUT2D eigenvalue weighted by Gasteiger charge is 2.20. The van der Waals surface area contributed by atoms with E-state index in [2.05, 4.69) is 0 Å². The van der Waals surface area contributed by atoms with E-state index in [-0.39, 0.29) is 7.92 Å². The minimum atomic E-state index is 0.123. The van der Waals surface area contributed by atoms with Gasteiger partial charge in [-0.25, -0.2) is 0 Å². The molecule has 14 heavy (non-hydrogen) atoms. The molecule has 82 valence electrons. The Morgan fingerprint density at radius 2 is 1.00 bits per heavy atom. The van der Waals surface area contributed by atoms with Gasteiger partial charge in [0, 0.05) is 7.92 Å². The van der Waals surface area contributed by atoms with Crippen molar-refractivity contribution in [2.24, 2.45) is 0 Å². The zero-order valence-corrected chi connectivity index (χ0v) is 11.3. The molecule has 0 saturated carbocycles. The molecule has 0 spiro atoms. The van der Waals surface area contributed by atoms with Crippen molar-refractivity contribution in [2.45, 2.75) is 38.5 Å². The summed E-state index contributed by atoms with van der Waals surface area (Å²) in [7, 11) is 0.609. The molecule has 0 aliphatic carbocycles. The van der Waals surface area contributed by atoms with E-state index in [1.54, 1.807) is 75.5 Å². The Morgan fingerprint density at radius 3 is 1.43 bits per heavy atom. The summed E-state index contributed by atoms with van der Waals surface area (Å²) in [5, 5.41) is 0. The average molecular weight is 231 g/mol. The van der Waals surface area contributed by atoms with Crippen molar-refractivity contribution in [1.82, 2.24) is 0 Å². The SMILES string of the molecule is C1CC[PH+]2CCCCP(C1)CCCC2. The molecule has 3 aliphatic rings. The van der Waals surface area contributed by atoms with Crippen molar-refractivity contribution in [3.8, 4) is 0 Å². The van der Waals surface area contributed by atoms with Gasteiger partial charge in [0.2, 0.25) is 0 Å². The molecule has 0 N–H and O–H groups in total. The van der Waals surface area contributed by atoms with Gasteiger partial charge in [0.25, 0.3) is 0 Å². The first-order valence-corrected chi connectivity index (χ1v) is 10.5. The Morgan fingerprint density at radius 1 is 0.571 bits per heavy atom. The highest BCUT2D eigenvalue weighted by Crippen LogP contribution is 2.46. The smallest absolute Gasteiger partial charge is 0.0572 e. The van der Waals surface area contributed by atoms with Crippen LogP contribution in [0.2, 0.25) is 0 Å². The van der Waals surface area contributed by atoms with Crippen LogP contribution in [0.4, 0.5) is 0 Å². The summed E-state index contributed by atoms with van der Waals surface area (Å²) in [5.41, 5.74) is 0. The lowest BCUT2D eigenvalue weighted by molar-refractivity contribution is 0.814. The Kier molecular flexibility index (Phi) is 5.22. The van der Waals surface area contributed by atoms with Crippen molar-refractivity contribution in [3.05, 3.63) is 0 Å². The molecule has 0 aromatic heterocycles. The molecule has 3 heterocycles. The second-order valence-electron chi connectivity index (χ2n) is 4.96. The third kappa shape index (κ3) is 3.79. The summed E-state index contributed by atoms with van der Waals surface area (Å²) in [6.45, 7) is 0. The van der Waals surface area contributed by atoms with Crippen LogP contribution < -0.4 is 0 Å². The highest BCUT2D eigenvalue weighted by molar-refractivity contribution is 7.58. The molecule has 3 aliphatic heterocycles. The van der Waals surface area contributed by atoms with Gasteiger partial charge in [0.15, 0.2) is 0 Å². The number of hydrogen-bond acceptors (Lipinski definition) is 0. The molecule has 2 bridgehead atoms. The number of hydrogen-bond donors (Lipinski definition) is 0. The van der Waals surface area contributed by atoms with E-state index in [1.165, 1.54) is 0 Å². The highest BCUT2D eigenvalue weighted by atomic mass is 31.1. The van der Waals surface area contributed by atoms with E-state index in [0.717, 1.165) is 0 Å². The lowest BCUT2D eigenvalue weighted by Crippen LogP contribution is -2.06. The van der Waals surface area contributed by atoms with Crippen LogP contribution in [-0.2, 0) is 0 Å². The molecule has 0 nitrogen and oxygen atoms in total. The standard InChI is InChI=1S/C12H24P2/c1-2-8-14-11-5-3-9-13(7-1)10-4-6-12-14/h1-12H2/p+1. The van der Waals surface area contributed by atoms with Crippen LogP contribution in [0.15, 0.2) is 0 Å². The number of rotatable bonds is 0. The maximum atomic E-state index is 1.66. The van der Waals surface area contributed by atoms with E-state index < -0.39 is 0 Å². The van der Waals surface area contributed by atoms with Crippen LogP contribution in [0.25, 0.3) is 0 Å². The quantitative estimate of drug-likeness (QED) is 0.552. The molecular weight excluding hydrogens is 206 g/mol. The van der Waals surface area contributed by atoms with Gasteiger partial charge in [-0.1, -0.05) is 0 Å². The molecule has 2 heteroatoms. The van der Waals surface area contributed by atoms with Crippen molar-refractivity contribution < 1.29 is 0 Å². The van der Waals surface area contributed by atoms with Crippen LogP contribution in [-0.4, -0.2) is 37.0 Å². The summed E-state index contributed by atoms with van der Waals surface area (Å²) < 4.78 is 0. The summed E-state index contributed by atoms with van der Waals surface area (Å²) in [6, 6.07) is 0. The van der Waals surface area contributed by atoms with Gasteiger partial charge in [0.05, 0.1) is 18.5 Å². The Balaban J connectivity index is 1.93. The Labute approximate surface area is 91.7 Å². The van der Waals surface area contributed by atoms with E-state index >= 15 is 0 Å². The molecular formula is C12H25P2+. The maximum absolute atomic E-state index is 1.66. The topological polar surface area (TPSA) is 0 Å². The van der Waals surface area contributed by atoms with E-state index in [9.17, 15) is 0 Å². The first kappa shape index (κ1) is 11.3. The monoisotopic (exact) mass is 231 g/mol. The van der Waals surface area contributed by atoms with Crippen molar-refractivity contribution in [1.29, 1.82) is 0 Å². The zero-order chi connectivity index (χ0) is 9.64. The summed E-state index contributed by atoms with van der Waals surface area (Å²) in [5.74, 6) is 0. The van der Waals surface area contributed by atoms with Gasteiger partial charge in [-0.3, -0.25) is 0 Å². The molecule has 0 amide bonds. The first-order valence-electron chi connectivity index (χ1n) is 6.51. The molecule has 3 saturated heterocycles. The van der Waals surface area contributed by atoms with E-state index in [4.69, 9.17) is 0 Å². The van der Waals surface area contributed by atoms with Gasteiger partial charge < -0.3 is 0 Å². The molecule has 3 rings (SSSR count). The molecule has 3 fully saturated rings. The normalized spacial score (nSPS) is 36.0. The predicted octanol–water partition coefficient (Wildman–Crippen LogP) is 4.05. The molecule has 0 aromatic carbocycles. The van der Waals surface area contributed by atoms with Gasteiger partial charge in [-0.2, -0.15) is 0 Å². The van der Waals surface area contributed by atoms with Crippen molar-refractivity contribution >= 4 is 15.8 Å². The van der Waals surface area contributed by atoms with Crippen LogP contribution in [0.1, 0.15) is 38.5 Å². The van der Waals surface area contributed by atoms with Crippen molar-refractivity contribution in [2.75, 3.05) is 37.0 Å². The zero-order valence-electron chi connectivity index (χ0n) is 9.43. The predicted molar refractivity (Wildman–Crippen MR) is 72.1 cm³/mol. The van der Waals surface area contributed by atoms with Crippen LogP contribution >= 0.6 is 15.8 Å². The fourth-order valence-corrected chi connectivity index (χ4v) is 8.52. The minimum Gasteiger partial charge on any atom is -0.107 e. The maximum Gasteiger partial charge on any atom is 0.0572 e. The van der Waals surface area contributed by atoms with Crippen LogP contribution in [0.5, 0.6) is 0 Å². The van der Waals surface area contributed by atoms with E-state index in [0.29, 0.717) is 7.92 Å². The fraction of sp³-hybridized carbons (Fsp3) is 1.00. The third-order valence-electron chi connectivity index (χ3n) is 3.76. The lowest BCUT2D eigenvalue weighted by Gasteiger charge is -2.22. The third-order valence-corrected chi connectivity index (χ3v) is 9.79. The largest absolute Gasteiger partial charge is 0.107 e. The average Bonchev–Trinajstić information content (AvgIpc) is 2.25. The molecule has 0 unspecified atom stereocenters. The molecule has 0 atom stereocenters. The first-order chi connectivity index (χ1) is 6.95. The minimum absolute atomic E-state index is 0.123. The lowest BCUT2D eigenvalue weighted by atomic mass is 10.4. The number of fused-ring (bicyclic) bond motifs is 9. The van der Waals surface area contributed by atoms with Gasteiger partial charge in [0.1, 0.15) is 0 Å². The Hall–Kier alpha value is 0.860. The van der Waals surface area contributed by atoms with Crippen LogP contribution in [0, 0.1) is 0 Å².